The maximum absolute atomic E-state index is 11.6. The monoisotopic (exact) mass is 265 g/mol. The Labute approximate surface area is 114 Å². The van der Waals surface area contributed by atoms with E-state index in [1.54, 1.807) is 0 Å². The second kappa shape index (κ2) is 6.14. The van der Waals surface area contributed by atoms with Crippen molar-refractivity contribution >= 4 is 18.5 Å². The molecule has 1 heterocycles. The third-order valence-electron chi connectivity index (χ3n) is 3.07. The molecule has 1 unspecified atom stereocenters. The van der Waals surface area contributed by atoms with E-state index in [9.17, 15) is 4.79 Å². The van der Waals surface area contributed by atoms with Crippen molar-refractivity contribution in [1.29, 1.82) is 0 Å². The Balaban J connectivity index is 1.90. The van der Waals surface area contributed by atoms with Gasteiger partial charge in [0.05, 0.1) is 6.61 Å². The SMILES string of the molecule is CCOc1cccc(CCN2CC(S)CC2=O)c1. The molecule has 18 heavy (non-hydrogen) atoms. The molecule has 1 aliphatic heterocycles. The van der Waals surface area contributed by atoms with Crippen molar-refractivity contribution in [2.24, 2.45) is 0 Å². The summed E-state index contributed by atoms with van der Waals surface area (Å²) in [5, 5.41) is 0.201. The zero-order valence-corrected chi connectivity index (χ0v) is 11.5. The number of ether oxygens (including phenoxy) is 1. The standard InChI is InChI=1S/C14H19NO2S/c1-2-17-12-5-3-4-11(8-12)6-7-15-10-13(18)9-14(15)16/h3-5,8,13,18H,2,6-7,9-10H2,1H3. The lowest BCUT2D eigenvalue weighted by Crippen LogP contribution is -2.27. The van der Waals surface area contributed by atoms with Gasteiger partial charge in [-0.3, -0.25) is 4.79 Å². The average Bonchev–Trinajstić information content (AvgIpc) is 2.66. The number of carbonyl (C=O) groups excluding carboxylic acids is 1. The number of thiol groups is 1. The fourth-order valence-electron chi connectivity index (χ4n) is 2.19. The second-order valence-electron chi connectivity index (χ2n) is 4.53. The summed E-state index contributed by atoms with van der Waals surface area (Å²) in [6.07, 6.45) is 1.44. The highest BCUT2D eigenvalue weighted by Crippen LogP contribution is 2.18. The van der Waals surface area contributed by atoms with Gasteiger partial charge < -0.3 is 9.64 Å². The quantitative estimate of drug-likeness (QED) is 0.827. The molecule has 4 heteroatoms. The van der Waals surface area contributed by atoms with Crippen LogP contribution in [-0.4, -0.2) is 35.8 Å². The largest absolute Gasteiger partial charge is 0.494 e. The molecule has 1 aliphatic rings. The molecular weight excluding hydrogens is 246 g/mol. The summed E-state index contributed by atoms with van der Waals surface area (Å²) in [7, 11) is 0. The molecule has 1 amide bonds. The molecule has 0 N–H and O–H groups in total. The predicted molar refractivity (Wildman–Crippen MR) is 75.3 cm³/mol. The van der Waals surface area contributed by atoms with Crippen molar-refractivity contribution in [2.45, 2.75) is 25.0 Å². The lowest BCUT2D eigenvalue weighted by atomic mass is 10.1. The number of hydrogen-bond acceptors (Lipinski definition) is 3. The van der Waals surface area contributed by atoms with Crippen LogP contribution in [0, 0.1) is 0 Å². The van der Waals surface area contributed by atoms with Gasteiger partial charge in [-0.2, -0.15) is 12.6 Å². The predicted octanol–water partition coefficient (Wildman–Crippen LogP) is 2.16. The number of amides is 1. The smallest absolute Gasteiger partial charge is 0.223 e. The van der Waals surface area contributed by atoms with Crippen LogP contribution in [0.2, 0.25) is 0 Å². The number of rotatable bonds is 5. The van der Waals surface area contributed by atoms with Gasteiger partial charge in [-0.15, -0.1) is 0 Å². The lowest BCUT2D eigenvalue weighted by Gasteiger charge is -2.16. The van der Waals surface area contributed by atoms with Gasteiger partial charge in [0.2, 0.25) is 5.91 Å². The highest BCUT2D eigenvalue weighted by Gasteiger charge is 2.26. The van der Waals surface area contributed by atoms with Crippen molar-refractivity contribution in [1.82, 2.24) is 4.90 Å². The van der Waals surface area contributed by atoms with E-state index in [4.69, 9.17) is 4.74 Å². The summed E-state index contributed by atoms with van der Waals surface area (Å²) < 4.78 is 5.46. The Morgan fingerprint density at radius 1 is 1.50 bits per heavy atom. The van der Waals surface area contributed by atoms with Gasteiger partial charge in [-0.05, 0) is 31.0 Å². The van der Waals surface area contributed by atoms with Crippen LogP contribution < -0.4 is 4.74 Å². The minimum Gasteiger partial charge on any atom is -0.494 e. The zero-order chi connectivity index (χ0) is 13.0. The number of benzene rings is 1. The summed E-state index contributed by atoms with van der Waals surface area (Å²) >= 11 is 4.35. The first kappa shape index (κ1) is 13.3. The highest BCUT2D eigenvalue weighted by atomic mass is 32.1. The van der Waals surface area contributed by atoms with Crippen LogP contribution in [-0.2, 0) is 11.2 Å². The van der Waals surface area contributed by atoms with Gasteiger partial charge >= 0.3 is 0 Å². The summed E-state index contributed by atoms with van der Waals surface area (Å²) in [6, 6.07) is 8.06. The van der Waals surface area contributed by atoms with Gasteiger partial charge in [0.25, 0.3) is 0 Å². The van der Waals surface area contributed by atoms with Crippen LogP contribution in [0.15, 0.2) is 24.3 Å². The molecule has 1 fully saturated rings. The molecule has 0 radical (unpaired) electrons. The third kappa shape index (κ3) is 3.42. The van der Waals surface area contributed by atoms with Crippen molar-refractivity contribution in [3.05, 3.63) is 29.8 Å². The molecular formula is C14H19NO2S. The molecule has 1 aromatic carbocycles. The van der Waals surface area contributed by atoms with Gasteiger partial charge in [-0.25, -0.2) is 0 Å². The summed E-state index contributed by atoms with van der Waals surface area (Å²) in [5.41, 5.74) is 1.20. The van der Waals surface area contributed by atoms with Crippen LogP contribution in [0.1, 0.15) is 18.9 Å². The molecule has 0 aliphatic carbocycles. The van der Waals surface area contributed by atoms with Crippen LogP contribution in [0.5, 0.6) is 5.75 Å². The van der Waals surface area contributed by atoms with Crippen LogP contribution in [0.3, 0.4) is 0 Å². The summed E-state index contributed by atoms with van der Waals surface area (Å²) in [5.74, 6) is 1.12. The van der Waals surface area contributed by atoms with Crippen LogP contribution >= 0.6 is 12.6 Å². The van der Waals surface area contributed by atoms with Crippen molar-refractivity contribution in [3.8, 4) is 5.75 Å². The van der Waals surface area contributed by atoms with Crippen molar-refractivity contribution in [2.75, 3.05) is 19.7 Å². The molecule has 1 atom stereocenters. The molecule has 98 valence electrons. The maximum atomic E-state index is 11.6. The fraction of sp³-hybridized carbons (Fsp3) is 0.500. The Kier molecular flexibility index (Phi) is 4.53. The van der Waals surface area contributed by atoms with Crippen molar-refractivity contribution in [3.63, 3.8) is 0 Å². The Morgan fingerprint density at radius 3 is 3.00 bits per heavy atom. The summed E-state index contributed by atoms with van der Waals surface area (Å²) in [4.78, 5) is 13.5. The first-order valence-electron chi connectivity index (χ1n) is 6.36. The number of carbonyl (C=O) groups is 1. The Hall–Kier alpha value is -1.16. The number of nitrogens with zero attached hydrogens (tertiary/aromatic N) is 1. The molecule has 0 bridgehead atoms. The van der Waals surface area contributed by atoms with E-state index in [0.717, 1.165) is 25.3 Å². The van der Waals surface area contributed by atoms with Crippen molar-refractivity contribution < 1.29 is 9.53 Å². The number of hydrogen-bond donors (Lipinski definition) is 1. The fourth-order valence-corrected chi connectivity index (χ4v) is 2.54. The van der Waals surface area contributed by atoms with E-state index in [1.807, 2.05) is 30.0 Å². The van der Waals surface area contributed by atoms with Gasteiger partial charge in [0.15, 0.2) is 0 Å². The lowest BCUT2D eigenvalue weighted by molar-refractivity contribution is -0.127. The zero-order valence-electron chi connectivity index (χ0n) is 10.6. The number of likely N-dealkylation sites (tertiary alicyclic amines) is 1. The topological polar surface area (TPSA) is 29.5 Å². The second-order valence-corrected chi connectivity index (χ2v) is 5.26. The first-order chi connectivity index (χ1) is 8.69. The van der Waals surface area contributed by atoms with E-state index < -0.39 is 0 Å². The van der Waals surface area contributed by atoms with Gasteiger partial charge in [-0.1, -0.05) is 12.1 Å². The molecule has 2 rings (SSSR count). The van der Waals surface area contributed by atoms with E-state index in [1.165, 1.54) is 5.56 Å². The minimum absolute atomic E-state index is 0.201. The van der Waals surface area contributed by atoms with E-state index in [2.05, 4.69) is 18.7 Å². The maximum Gasteiger partial charge on any atom is 0.223 e. The third-order valence-corrected chi connectivity index (χ3v) is 3.42. The minimum atomic E-state index is 0.201. The average molecular weight is 265 g/mol. The van der Waals surface area contributed by atoms with Gasteiger partial charge in [0.1, 0.15) is 5.75 Å². The van der Waals surface area contributed by atoms with Crippen LogP contribution in [0.4, 0.5) is 0 Å². The van der Waals surface area contributed by atoms with Gasteiger partial charge in [0, 0.05) is 24.8 Å². The van der Waals surface area contributed by atoms with E-state index in [-0.39, 0.29) is 11.2 Å². The van der Waals surface area contributed by atoms with E-state index >= 15 is 0 Å². The first-order valence-corrected chi connectivity index (χ1v) is 6.88. The van der Waals surface area contributed by atoms with E-state index in [0.29, 0.717) is 13.0 Å². The Morgan fingerprint density at radius 2 is 2.33 bits per heavy atom. The molecule has 3 nitrogen and oxygen atoms in total. The molecule has 0 aromatic heterocycles. The molecule has 1 aromatic rings. The Bertz CT molecular complexity index is 422. The normalized spacial score (nSPS) is 19.3. The highest BCUT2D eigenvalue weighted by molar-refractivity contribution is 7.81. The molecule has 0 spiro atoms. The van der Waals surface area contributed by atoms with Crippen LogP contribution in [0.25, 0.3) is 0 Å². The summed E-state index contributed by atoms with van der Waals surface area (Å²) in [6.45, 7) is 4.19. The molecule has 0 saturated carbocycles. The molecule has 1 saturated heterocycles.